The lowest BCUT2D eigenvalue weighted by molar-refractivity contribution is -0.119. The van der Waals surface area contributed by atoms with E-state index in [4.69, 9.17) is 0 Å². The minimum atomic E-state index is 0.204. The van der Waals surface area contributed by atoms with E-state index >= 15 is 0 Å². The second-order valence-electron chi connectivity index (χ2n) is 6.12. The van der Waals surface area contributed by atoms with E-state index in [1.54, 1.807) is 5.56 Å². The van der Waals surface area contributed by atoms with E-state index in [1.165, 1.54) is 24.1 Å². The first-order chi connectivity index (χ1) is 9.56. The Balaban J connectivity index is 0.000000205. The molecule has 0 saturated carbocycles. The third kappa shape index (κ3) is 4.07. The van der Waals surface area contributed by atoms with Crippen LogP contribution in [0.3, 0.4) is 0 Å². The van der Waals surface area contributed by atoms with E-state index in [-0.39, 0.29) is 5.91 Å². The van der Waals surface area contributed by atoms with Crippen molar-refractivity contribution in [2.24, 2.45) is 0 Å². The Kier molecular flexibility index (Phi) is 5.18. The zero-order chi connectivity index (χ0) is 14.5. The lowest BCUT2D eigenvalue weighted by Gasteiger charge is -2.25. The molecule has 1 aromatic rings. The Morgan fingerprint density at radius 3 is 2.55 bits per heavy atom. The highest BCUT2D eigenvalue weighted by Gasteiger charge is 2.13. The first kappa shape index (κ1) is 15.0. The van der Waals surface area contributed by atoms with Crippen LogP contribution in [0.5, 0.6) is 0 Å². The van der Waals surface area contributed by atoms with Crippen molar-refractivity contribution in [3.05, 3.63) is 34.9 Å². The number of nitrogens with zero attached hydrogens (tertiary/aromatic N) is 1. The molecule has 110 valence electrons. The summed E-state index contributed by atoms with van der Waals surface area (Å²) < 4.78 is 0. The second-order valence-corrected chi connectivity index (χ2v) is 6.12. The SMILES string of the molecule is CC(C)c1ccc2c(c1)CN(C)CC2.O=C1CCCN1. The lowest BCUT2D eigenvalue weighted by atomic mass is 9.94. The van der Waals surface area contributed by atoms with Crippen LogP contribution < -0.4 is 5.32 Å². The number of hydrogen-bond acceptors (Lipinski definition) is 2. The van der Waals surface area contributed by atoms with Crippen molar-refractivity contribution >= 4 is 5.91 Å². The number of nitrogens with one attached hydrogen (secondary N) is 1. The average Bonchev–Trinajstić information content (AvgIpc) is 2.89. The van der Waals surface area contributed by atoms with Crippen LogP contribution in [0.4, 0.5) is 0 Å². The van der Waals surface area contributed by atoms with Crippen LogP contribution in [0, 0.1) is 0 Å². The minimum absolute atomic E-state index is 0.204. The molecule has 1 aromatic carbocycles. The molecule has 0 aliphatic carbocycles. The summed E-state index contributed by atoms with van der Waals surface area (Å²) in [5.41, 5.74) is 4.55. The normalized spacial score (nSPS) is 18.3. The van der Waals surface area contributed by atoms with Crippen molar-refractivity contribution in [3.8, 4) is 0 Å². The summed E-state index contributed by atoms with van der Waals surface area (Å²) in [5, 5.41) is 2.68. The molecule has 0 spiro atoms. The van der Waals surface area contributed by atoms with Gasteiger partial charge in [-0.1, -0.05) is 32.0 Å². The largest absolute Gasteiger partial charge is 0.356 e. The van der Waals surface area contributed by atoms with Crippen molar-refractivity contribution in [1.29, 1.82) is 0 Å². The number of rotatable bonds is 1. The Labute approximate surface area is 122 Å². The second kappa shape index (κ2) is 6.89. The molecule has 0 radical (unpaired) electrons. The average molecular weight is 274 g/mol. The molecule has 1 saturated heterocycles. The topological polar surface area (TPSA) is 32.3 Å². The molecule has 3 rings (SSSR count). The Morgan fingerprint density at radius 1 is 1.20 bits per heavy atom. The fourth-order valence-electron chi connectivity index (χ4n) is 2.64. The molecule has 2 heterocycles. The van der Waals surface area contributed by atoms with Gasteiger partial charge in [-0.25, -0.2) is 0 Å². The third-order valence-corrected chi connectivity index (χ3v) is 4.00. The molecule has 0 aromatic heterocycles. The van der Waals surface area contributed by atoms with Gasteiger partial charge in [0, 0.05) is 26.1 Å². The molecule has 3 nitrogen and oxygen atoms in total. The van der Waals surface area contributed by atoms with Crippen LogP contribution >= 0.6 is 0 Å². The Bertz CT molecular complexity index is 460. The quantitative estimate of drug-likeness (QED) is 0.854. The van der Waals surface area contributed by atoms with Crippen LogP contribution in [0.1, 0.15) is 49.3 Å². The number of benzene rings is 1. The fraction of sp³-hybridized carbons (Fsp3) is 0.588. The summed E-state index contributed by atoms with van der Waals surface area (Å²) in [4.78, 5) is 12.5. The van der Waals surface area contributed by atoms with Crippen LogP contribution in [-0.2, 0) is 17.8 Å². The summed E-state index contributed by atoms with van der Waals surface area (Å²) in [6.07, 6.45) is 2.98. The standard InChI is InChI=1S/C13H19N.C4H7NO/c1-10(2)12-5-4-11-6-7-14(3)9-13(11)8-12;6-4-2-1-3-5-4/h4-5,8,10H,6-7,9H2,1-3H3;1-3H2,(H,5,6). The van der Waals surface area contributed by atoms with Crippen molar-refractivity contribution in [2.75, 3.05) is 20.1 Å². The summed E-state index contributed by atoms with van der Waals surface area (Å²) in [5.74, 6) is 0.850. The molecule has 0 unspecified atom stereocenters. The van der Waals surface area contributed by atoms with Crippen molar-refractivity contribution < 1.29 is 4.79 Å². The molecular formula is C17H26N2O. The highest BCUT2D eigenvalue weighted by Crippen LogP contribution is 2.23. The summed E-state index contributed by atoms with van der Waals surface area (Å²) in [6, 6.07) is 6.99. The first-order valence-corrected chi connectivity index (χ1v) is 7.63. The Morgan fingerprint density at radius 2 is 2.00 bits per heavy atom. The smallest absolute Gasteiger partial charge is 0.220 e. The van der Waals surface area contributed by atoms with Gasteiger partial charge in [0.1, 0.15) is 0 Å². The monoisotopic (exact) mass is 274 g/mol. The van der Waals surface area contributed by atoms with Crippen LogP contribution in [-0.4, -0.2) is 30.9 Å². The van der Waals surface area contributed by atoms with Gasteiger partial charge in [0.15, 0.2) is 0 Å². The molecule has 20 heavy (non-hydrogen) atoms. The number of carbonyl (C=O) groups is 1. The van der Waals surface area contributed by atoms with Crippen LogP contribution in [0.25, 0.3) is 0 Å². The maximum atomic E-state index is 10.1. The van der Waals surface area contributed by atoms with E-state index in [9.17, 15) is 4.79 Å². The summed E-state index contributed by atoms with van der Waals surface area (Å²) in [7, 11) is 2.20. The number of amides is 1. The molecule has 1 fully saturated rings. The molecule has 1 N–H and O–H groups in total. The lowest BCUT2D eigenvalue weighted by Crippen LogP contribution is -2.26. The maximum absolute atomic E-state index is 10.1. The third-order valence-electron chi connectivity index (χ3n) is 4.00. The zero-order valence-electron chi connectivity index (χ0n) is 12.9. The highest BCUT2D eigenvalue weighted by atomic mass is 16.1. The molecule has 0 atom stereocenters. The number of carbonyl (C=O) groups excluding carboxylic acids is 1. The van der Waals surface area contributed by atoms with Gasteiger partial charge in [-0.15, -0.1) is 0 Å². The van der Waals surface area contributed by atoms with Crippen LogP contribution in [0.15, 0.2) is 18.2 Å². The number of fused-ring (bicyclic) bond motifs is 1. The number of hydrogen-bond donors (Lipinski definition) is 1. The Hall–Kier alpha value is -1.35. The molecule has 0 bridgehead atoms. The fourth-order valence-corrected chi connectivity index (χ4v) is 2.64. The molecule has 2 aliphatic heterocycles. The van der Waals surface area contributed by atoms with Gasteiger partial charge in [-0.2, -0.15) is 0 Å². The molecule has 1 amide bonds. The number of likely N-dealkylation sites (N-methyl/N-ethyl adjacent to an activating group) is 1. The van der Waals surface area contributed by atoms with Crippen molar-refractivity contribution in [3.63, 3.8) is 0 Å². The van der Waals surface area contributed by atoms with Gasteiger partial charge < -0.3 is 10.2 Å². The van der Waals surface area contributed by atoms with E-state index < -0.39 is 0 Å². The van der Waals surface area contributed by atoms with Gasteiger partial charge in [-0.3, -0.25) is 4.79 Å². The maximum Gasteiger partial charge on any atom is 0.220 e. The van der Waals surface area contributed by atoms with Crippen LogP contribution in [0.2, 0.25) is 0 Å². The summed E-state index contributed by atoms with van der Waals surface area (Å²) >= 11 is 0. The van der Waals surface area contributed by atoms with Gasteiger partial charge >= 0.3 is 0 Å². The molecule has 2 aliphatic rings. The van der Waals surface area contributed by atoms with Gasteiger partial charge in [0.25, 0.3) is 0 Å². The van der Waals surface area contributed by atoms with Crippen molar-refractivity contribution in [1.82, 2.24) is 10.2 Å². The van der Waals surface area contributed by atoms with Gasteiger partial charge in [0.2, 0.25) is 5.91 Å². The van der Waals surface area contributed by atoms with E-state index in [1.807, 2.05) is 0 Å². The molecule has 3 heteroatoms. The van der Waals surface area contributed by atoms with E-state index in [0.717, 1.165) is 25.9 Å². The highest BCUT2D eigenvalue weighted by molar-refractivity contribution is 5.77. The minimum Gasteiger partial charge on any atom is -0.356 e. The van der Waals surface area contributed by atoms with Crippen molar-refractivity contribution in [2.45, 2.75) is 45.6 Å². The molecular weight excluding hydrogens is 248 g/mol. The zero-order valence-corrected chi connectivity index (χ0v) is 12.9. The van der Waals surface area contributed by atoms with E-state index in [0.29, 0.717) is 5.92 Å². The van der Waals surface area contributed by atoms with Gasteiger partial charge in [-0.05, 0) is 42.5 Å². The van der Waals surface area contributed by atoms with E-state index in [2.05, 4.69) is 49.3 Å². The predicted octanol–water partition coefficient (Wildman–Crippen LogP) is 2.69. The van der Waals surface area contributed by atoms with Gasteiger partial charge in [0.05, 0.1) is 0 Å². The summed E-state index contributed by atoms with van der Waals surface area (Å²) in [6.45, 7) is 7.73. The predicted molar refractivity (Wildman–Crippen MR) is 82.8 cm³/mol. The first-order valence-electron chi connectivity index (χ1n) is 7.63.